The zero-order chi connectivity index (χ0) is 11.3. The van der Waals surface area contributed by atoms with Gasteiger partial charge < -0.3 is 9.53 Å². The van der Waals surface area contributed by atoms with Crippen LogP contribution in [0.1, 0.15) is 12.0 Å². The number of halogens is 3. The number of hydrogen-bond donors (Lipinski definition) is 0. The lowest BCUT2D eigenvalue weighted by Crippen LogP contribution is -2.05. The van der Waals surface area contributed by atoms with Crippen LogP contribution in [0.2, 0.25) is 0 Å². The van der Waals surface area contributed by atoms with Gasteiger partial charge >= 0.3 is 6.61 Å². The Morgan fingerprint density at radius 3 is 2.80 bits per heavy atom. The summed E-state index contributed by atoms with van der Waals surface area (Å²) in [6, 6.07) is 4.98. The Morgan fingerprint density at radius 1 is 1.47 bits per heavy atom. The average Bonchev–Trinajstić information content (AvgIpc) is 2.18. The van der Waals surface area contributed by atoms with Gasteiger partial charge in [-0.3, -0.25) is 0 Å². The molecule has 0 aliphatic rings. The van der Waals surface area contributed by atoms with E-state index in [2.05, 4.69) is 20.7 Å². The monoisotopic (exact) mass is 278 g/mol. The van der Waals surface area contributed by atoms with Gasteiger partial charge in [-0.2, -0.15) is 8.78 Å². The van der Waals surface area contributed by atoms with E-state index in [0.717, 1.165) is 6.29 Å². The molecular weight excluding hydrogens is 270 g/mol. The van der Waals surface area contributed by atoms with E-state index in [1.807, 2.05) is 0 Å². The predicted molar refractivity (Wildman–Crippen MR) is 55.2 cm³/mol. The van der Waals surface area contributed by atoms with E-state index in [1.54, 1.807) is 18.2 Å². The number of ether oxygens (including phenoxy) is 1. The molecule has 82 valence electrons. The van der Waals surface area contributed by atoms with Crippen molar-refractivity contribution in [2.45, 2.75) is 19.5 Å². The molecule has 0 aliphatic heterocycles. The van der Waals surface area contributed by atoms with Crippen LogP contribution in [0.4, 0.5) is 8.78 Å². The minimum absolute atomic E-state index is 0.106. The number of alkyl halides is 2. The lowest BCUT2D eigenvalue weighted by Gasteiger charge is -2.11. The summed E-state index contributed by atoms with van der Waals surface area (Å²) in [5, 5.41) is 0. The van der Waals surface area contributed by atoms with Crippen LogP contribution in [0.3, 0.4) is 0 Å². The molecule has 0 bridgehead atoms. The number of hydrogen-bond acceptors (Lipinski definition) is 2. The summed E-state index contributed by atoms with van der Waals surface area (Å²) in [5.74, 6) is 0.106. The molecule has 1 rings (SSSR count). The van der Waals surface area contributed by atoms with Crippen molar-refractivity contribution in [3.63, 3.8) is 0 Å². The summed E-state index contributed by atoms with van der Waals surface area (Å²) in [7, 11) is 0. The van der Waals surface area contributed by atoms with E-state index in [-0.39, 0.29) is 12.2 Å². The highest BCUT2D eigenvalue weighted by molar-refractivity contribution is 9.10. The minimum atomic E-state index is -2.86. The summed E-state index contributed by atoms with van der Waals surface area (Å²) >= 11 is 3.12. The Kier molecular flexibility index (Phi) is 4.68. The van der Waals surface area contributed by atoms with Gasteiger partial charge in [-0.15, -0.1) is 0 Å². The highest BCUT2D eigenvalue weighted by atomic mass is 79.9. The smallest absolute Gasteiger partial charge is 0.387 e. The topological polar surface area (TPSA) is 26.3 Å². The first kappa shape index (κ1) is 12.1. The standard InChI is InChI=1S/C10H9BrF2O2/c11-8-5-1-3-7(4-2-6-14)9(8)15-10(12)13/h1,3,5-6,10H,2,4H2. The molecule has 0 amide bonds. The van der Waals surface area contributed by atoms with Gasteiger partial charge in [0.05, 0.1) is 4.47 Å². The van der Waals surface area contributed by atoms with E-state index in [0.29, 0.717) is 16.5 Å². The van der Waals surface area contributed by atoms with Crippen molar-refractivity contribution in [1.82, 2.24) is 0 Å². The molecule has 0 atom stereocenters. The third-order valence-corrected chi connectivity index (χ3v) is 2.41. The van der Waals surface area contributed by atoms with Crippen LogP contribution in [-0.2, 0) is 11.2 Å². The molecular formula is C10H9BrF2O2. The van der Waals surface area contributed by atoms with Crippen LogP contribution in [0.15, 0.2) is 22.7 Å². The summed E-state index contributed by atoms with van der Waals surface area (Å²) in [6.07, 6.45) is 1.42. The molecule has 5 heteroatoms. The van der Waals surface area contributed by atoms with Crippen molar-refractivity contribution in [1.29, 1.82) is 0 Å². The normalized spacial score (nSPS) is 10.4. The van der Waals surface area contributed by atoms with Gasteiger partial charge in [-0.1, -0.05) is 12.1 Å². The average molecular weight is 279 g/mol. The van der Waals surface area contributed by atoms with Crippen molar-refractivity contribution < 1.29 is 18.3 Å². The molecule has 0 aliphatic carbocycles. The van der Waals surface area contributed by atoms with Gasteiger partial charge in [0.25, 0.3) is 0 Å². The SMILES string of the molecule is O=CCCc1cccc(Br)c1OC(F)F. The molecule has 0 unspecified atom stereocenters. The number of para-hydroxylation sites is 1. The second-order valence-corrected chi connectivity index (χ2v) is 3.67. The summed E-state index contributed by atoms with van der Waals surface area (Å²) < 4.78 is 29.0. The lowest BCUT2D eigenvalue weighted by molar-refractivity contribution is -0.107. The minimum Gasteiger partial charge on any atom is -0.433 e. The number of aryl methyl sites for hydroxylation is 1. The van der Waals surface area contributed by atoms with Gasteiger partial charge in [0, 0.05) is 6.42 Å². The molecule has 1 aromatic carbocycles. The third kappa shape index (κ3) is 3.58. The Bertz CT molecular complexity index is 342. The van der Waals surface area contributed by atoms with E-state index in [4.69, 9.17) is 0 Å². The van der Waals surface area contributed by atoms with Crippen molar-refractivity contribution >= 4 is 22.2 Å². The zero-order valence-electron chi connectivity index (χ0n) is 7.75. The van der Waals surface area contributed by atoms with Crippen molar-refractivity contribution in [3.05, 3.63) is 28.2 Å². The van der Waals surface area contributed by atoms with Crippen LogP contribution < -0.4 is 4.74 Å². The number of benzene rings is 1. The van der Waals surface area contributed by atoms with Crippen molar-refractivity contribution in [2.24, 2.45) is 0 Å². The van der Waals surface area contributed by atoms with Crippen LogP contribution in [0.5, 0.6) is 5.75 Å². The summed E-state index contributed by atoms with van der Waals surface area (Å²) in [4.78, 5) is 10.2. The lowest BCUT2D eigenvalue weighted by atomic mass is 10.1. The first-order valence-corrected chi connectivity index (χ1v) is 5.10. The molecule has 0 radical (unpaired) electrons. The fourth-order valence-electron chi connectivity index (χ4n) is 1.19. The Hall–Kier alpha value is -0.970. The largest absolute Gasteiger partial charge is 0.433 e. The Labute approximate surface area is 94.4 Å². The van der Waals surface area contributed by atoms with E-state index in [9.17, 15) is 13.6 Å². The molecule has 0 saturated carbocycles. The molecule has 0 saturated heterocycles. The quantitative estimate of drug-likeness (QED) is 0.774. The second-order valence-electron chi connectivity index (χ2n) is 2.81. The fourth-order valence-corrected chi connectivity index (χ4v) is 1.69. The van der Waals surface area contributed by atoms with Crippen molar-refractivity contribution in [3.8, 4) is 5.75 Å². The van der Waals surface area contributed by atoms with Crippen LogP contribution in [-0.4, -0.2) is 12.9 Å². The first-order chi connectivity index (χ1) is 7.15. The van der Waals surface area contributed by atoms with Crippen LogP contribution >= 0.6 is 15.9 Å². The Morgan fingerprint density at radius 2 is 2.20 bits per heavy atom. The van der Waals surface area contributed by atoms with Gasteiger partial charge in [0.15, 0.2) is 0 Å². The van der Waals surface area contributed by atoms with E-state index < -0.39 is 6.61 Å². The predicted octanol–water partition coefficient (Wildman–Crippen LogP) is 3.18. The molecule has 15 heavy (non-hydrogen) atoms. The summed E-state index contributed by atoms with van der Waals surface area (Å²) in [5.41, 5.74) is 0.594. The molecule has 0 fully saturated rings. The van der Waals surface area contributed by atoms with Crippen LogP contribution in [0.25, 0.3) is 0 Å². The number of rotatable bonds is 5. The third-order valence-electron chi connectivity index (χ3n) is 1.79. The van der Waals surface area contributed by atoms with Crippen molar-refractivity contribution in [2.75, 3.05) is 0 Å². The molecule has 0 aromatic heterocycles. The molecule has 0 N–H and O–H groups in total. The number of carbonyl (C=O) groups is 1. The van der Waals surface area contributed by atoms with Gasteiger partial charge in [0.2, 0.25) is 0 Å². The highest BCUT2D eigenvalue weighted by Crippen LogP contribution is 2.31. The van der Waals surface area contributed by atoms with E-state index in [1.165, 1.54) is 0 Å². The molecule has 2 nitrogen and oxygen atoms in total. The summed E-state index contributed by atoms with van der Waals surface area (Å²) in [6.45, 7) is -2.86. The number of carbonyl (C=O) groups excluding carboxylic acids is 1. The second kappa shape index (κ2) is 5.80. The van der Waals surface area contributed by atoms with Gasteiger partial charge in [-0.25, -0.2) is 0 Å². The zero-order valence-corrected chi connectivity index (χ0v) is 9.34. The fraction of sp³-hybridized carbons (Fsp3) is 0.300. The molecule has 0 spiro atoms. The van der Waals surface area contributed by atoms with E-state index >= 15 is 0 Å². The van der Waals surface area contributed by atoms with Crippen LogP contribution in [0, 0.1) is 0 Å². The maximum atomic E-state index is 12.1. The maximum absolute atomic E-state index is 12.1. The number of aldehydes is 1. The molecule has 1 aromatic rings. The molecule has 0 heterocycles. The van der Waals surface area contributed by atoms with Gasteiger partial charge in [0.1, 0.15) is 12.0 Å². The van der Waals surface area contributed by atoms with Gasteiger partial charge in [-0.05, 0) is 34.0 Å². The first-order valence-electron chi connectivity index (χ1n) is 4.31. The Balaban J connectivity index is 2.91. The highest BCUT2D eigenvalue weighted by Gasteiger charge is 2.12. The maximum Gasteiger partial charge on any atom is 0.387 e.